The van der Waals surface area contributed by atoms with Crippen molar-refractivity contribution in [1.82, 2.24) is 9.97 Å². The van der Waals surface area contributed by atoms with Crippen LogP contribution in [-0.4, -0.2) is 15.9 Å². The molecule has 0 aliphatic heterocycles. The predicted octanol–water partition coefficient (Wildman–Crippen LogP) is 4.07. The lowest BCUT2D eigenvalue weighted by molar-refractivity contribution is -0.117. The molecule has 3 aromatic rings. The van der Waals surface area contributed by atoms with Crippen LogP contribution in [0.3, 0.4) is 0 Å². The van der Waals surface area contributed by atoms with Crippen LogP contribution in [-0.2, 0) is 4.79 Å². The van der Waals surface area contributed by atoms with Gasteiger partial charge in [-0.05, 0) is 55.5 Å². The highest BCUT2D eigenvalue weighted by Gasteiger charge is 2.10. The first-order valence-corrected chi connectivity index (χ1v) is 9.45. The molecule has 2 heterocycles. The number of fused-ring (bicyclic) bond motifs is 1. The molecule has 0 aliphatic carbocycles. The summed E-state index contributed by atoms with van der Waals surface area (Å²) in [6.45, 7) is 10.3. The summed E-state index contributed by atoms with van der Waals surface area (Å²) in [5.74, 6) is -0.655. The van der Waals surface area contributed by atoms with E-state index in [2.05, 4.69) is 52.9 Å². The standard InChI is InChI=1S/C24H23N3O2/c1-15-7-10-19(11-8-15)17(3)18(4)23-20-6-5-13-25-21(20)14-26-24(23)16(2)9-12-22(28)27-29/h5-8,10-11,13-14H,3,9,12H2,1-2,4H3/b23-18-,24-16+. The van der Waals surface area contributed by atoms with Crippen molar-refractivity contribution in [3.63, 3.8) is 0 Å². The van der Waals surface area contributed by atoms with Gasteiger partial charge in [0.05, 0.1) is 17.1 Å². The van der Waals surface area contributed by atoms with E-state index >= 15 is 0 Å². The number of nitroso groups, excluding NO2 is 1. The van der Waals surface area contributed by atoms with Crippen molar-refractivity contribution in [2.45, 2.75) is 33.6 Å². The fraction of sp³-hybridized carbons (Fsp3) is 0.208. The second-order valence-electron chi connectivity index (χ2n) is 7.15. The van der Waals surface area contributed by atoms with E-state index in [0.29, 0.717) is 6.42 Å². The molecular weight excluding hydrogens is 362 g/mol. The fourth-order valence-corrected chi connectivity index (χ4v) is 3.33. The maximum atomic E-state index is 11.4. The molecule has 0 aliphatic rings. The number of nitrogens with zero attached hydrogens (tertiary/aromatic N) is 3. The number of carbonyl (C=O) groups excluding carboxylic acids is 1. The number of amides is 1. The molecule has 0 radical (unpaired) electrons. The highest BCUT2D eigenvalue weighted by atomic mass is 16.3. The summed E-state index contributed by atoms with van der Waals surface area (Å²) in [6.07, 6.45) is 3.96. The van der Waals surface area contributed by atoms with Gasteiger partial charge < -0.3 is 0 Å². The zero-order valence-corrected chi connectivity index (χ0v) is 16.9. The normalized spacial score (nSPS) is 13.1. The van der Waals surface area contributed by atoms with Gasteiger partial charge in [-0.25, -0.2) is 0 Å². The molecule has 29 heavy (non-hydrogen) atoms. The number of benzene rings is 1. The topological polar surface area (TPSA) is 72.3 Å². The molecule has 5 nitrogen and oxygen atoms in total. The lowest BCUT2D eigenvalue weighted by atomic mass is 9.96. The number of rotatable bonds is 5. The molecule has 0 spiro atoms. The Bertz CT molecular complexity index is 1230. The minimum absolute atomic E-state index is 0.0689. The largest absolute Gasteiger partial charge is 0.286 e. The van der Waals surface area contributed by atoms with Crippen molar-refractivity contribution in [3.8, 4) is 0 Å². The number of allylic oxidation sites excluding steroid dienone is 1. The van der Waals surface area contributed by atoms with Crippen molar-refractivity contribution >= 4 is 33.5 Å². The highest BCUT2D eigenvalue weighted by molar-refractivity contribution is 5.98. The van der Waals surface area contributed by atoms with E-state index in [1.54, 1.807) is 12.4 Å². The van der Waals surface area contributed by atoms with E-state index in [4.69, 9.17) is 0 Å². The van der Waals surface area contributed by atoms with Gasteiger partial charge in [0.1, 0.15) is 0 Å². The van der Waals surface area contributed by atoms with Gasteiger partial charge in [0.25, 0.3) is 5.91 Å². The maximum absolute atomic E-state index is 11.4. The molecule has 0 saturated carbocycles. The first-order valence-electron chi connectivity index (χ1n) is 9.45. The van der Waals surface area contributed by atoms with Gasteiger partial charge in [-0.15, -0.1) is 4.91 Å². The molecule has 0 saturated heterocycles. The Hall–Kier alpha value is -3.47. The zero-order valence-electron chi connectivity index (χ0n) is 16.9. The summed E-state index contributed by atoms with van der Waals surface area (Å²) in [5.41, 5.74) is 5.84. The summed E-state index contributed by atoms with van der Waals surface area (Å²) in [4.78, 5) is 30.9. The molecule has 0 atom stereocenters. The summed E-state index contributed by atoms with van der Waals surface area (Å²) in [5, 5.41) is 5.20. The van der Waals surface area contributed by atoms with Crippen LogP contribution >= 0.6 is 0 Å². The number of aryl methyl sites for hydroxylation is 1. The quantitative estimate of drug-likeness (QED) is 0.621. The minimum Gasteiger partial charge on any atom is -0.269 e. The number of hydrogen-bond donors (Lipinski definition) is 0. The van der Waals surface area contributed by atoms with Gasteiger partial charge in [0.2, 0.25) is 0 Å². The lowest BCUT2D eigenvalue weighted by Crippen LogP contribution is -2.33. The average Bonchev–Trinajstić information content (AvgIpc) is 2.75. The van der Waals surface area contributed by atoms with E-state index < -0.39 is 5.91 Å². The summed E-state index contributed by atoms with van der Waals surface area (Å²) < 4.78 is 0. The Morgan fingerprint density at radius 3 is 2.48 bits per heavy atom. The number of pyridine rings is 2. The third-order valence-electron chi connectivity index (χ3n) is 5.11. The first kappa shape index (κ1) is 20.3. The molecule has 0 unspecified atom stereocenters. The minimum atomic E-state index is -0.655. The Kier molecular flexibility index (Phi) is 6.07. The molecule has 5 heteroatoms. The lowest BCUT2D eigenvalue weighted by Gasteiger charge is -2.10. The Morgan fingerprint density at radius 1 is 1.07 bits per heavy atom. The van der Waals surface area contributed by atoms with Crippen LogP contribution < -0.4 is 10.6 Å². The van der Waals surface area contributed by atoms with Crippen molar-refractivity contribution in [2.24, 2.45) is 5.18 Å². The fourth-order valence-electron chi connectivity index (χ4n) is 3.33. The van der Waals surface area contributed by atoms with Crippen LogP contribution in [0, 0.1) is 11.8 Å². The van der Waals surface area contributed by atoms with Crippen molar-refractivity contribution in [2.75, 3.05) is 0 Å². The second-order valence-corrected chi connectivity index (χ2v) is 7.15. The van der Waals surface area contributed by atoms with Crippen molar-refractivity contribution in [1.29, 1.82) is 0 Å². The molecule has 2 aromatic heterocycles. The number of aromatic nitrogens is 2. The molecule has 3 rings (SSSR count). The molecule has 0 bridgehead atoms. The molecule has 1 amide bonds. The predicted molar refractivity (Wildman–Crippen MR) is 117 cm³/mol. The van der Waals surface area contributed by atoms with Crippen LogP contribution in [0.2, 0.25) is 0 Å². The summed E-state index contributed by atoms with van der Waals surface area (Å²) in [7, 11) is 0. The van der Waals surface area contributed by atoms with Crippen LogP contribution in [0.5, 0.6) is 0 Å². The SMILES string of the molecule is C=C(/C(C)=c1\c(=C(\C)CCC(=O)N=O)ncc2ncccc12)c1ccc(C)cc1. The van der Waals surface area contributed by atoms with Gasteiger partial charge in [-0.1, -0.05) is 42.5 Å². The van der Waals surface area contributed by atoms with E-state index in [1.807, 2.05) is 26.0 Å². The molecule has 0 N–H and O–H groups in total. The summed E-state index contributed by atoms with van der Waals surface area (Å²) >= 11 is 0. The van der Waals surface area contributed by atoms with Crippen molar-refractivity contribution in [3.05, 3.63) is 82.0 Å². The average molecular weight is 385 g/mol. The molecule has 146 valence electrons. The maximum Gasteiger partial charge on any atom is 0.286 e. The van der Waals surface area contributed by atoms with Crippen LogP contribution in [0.25, 0.3) is 27.6 Å². The molecule has 0 fully saturated rings. The van der Waals surface area contributed by atoms with E-state index in [9.17, 15) is 9.70 Å². The van der Waals surface area contributed by atoms with Gasteiger partial charge in [-0.2, -0.15) is 0 Å². The third-order valence-corrected chi connectivity index (χ3v) is 5.11. The Morgan fingerprint density at radius 2 is 1.79 bits per heavy atom. The van der Waals surface area contributed by atoms with Crippen LogP contribution in [0.1, 0.15) is 37.8 Å². The number of hydrogen-bond acceptors (Lipinski definition) is 4. The van der Waals surface area contributed by atoms with E-state index in [-0.39, 0.29) is 6.42 Å². The first-order chi connectivity index (χ1) is 13.9. The van der Waals surface area contributed by atoms with Gasteiger partial charge in [0.15, 0.2) is 0 Å². The van der Waals surface area contributed by atoms with Gasteiger partial charge >= 0.3 is 0 Å². The number of carbonyl (C=O) groups is 1. The smallest absolute Gasteiger partial charge is 0.269 e. The summed E-state index contributed by atoms with van der Waals surface area (Å²) in [6, 6.07) is 12.2. The van der Waals surface area contributed by atoms with Crippen LogP contribution in [0.4, 0.5) is 0 Å². The Balaban J connectivity index is 2.29. The van der Waals surface area contributed by atoms with Crippen LogP contribution in [0.15, 0.2) is 60.5 Å². The highest BCUT2D eigenvalue weighted by Crippen LogP contribution is 2.21. The molecule has 1 aromatic carbocycles. The third kappa shape index (κ3) is 4.35. The zero-order chi connectivity index (χ0) is 21.0. The van der Waals surface area contributed by atoms with E-state index in [0.717, 1.165) is 43.8 Å². The van der Waals surface area contributed by atoms with Crippen molar-refractivity contribution < 1.29 is 4.79 Å². The second kappa shape index (κ2) is 8.69. The van der Waals surface area contributed by atoms with Gasteiger partial charge in [0, 0.05) is 28.4 Å². The monoisotopic (exact) mass is 385 g/mol. The van der Waals surface area contributed by atoms with Gasteiger partial charge in [-0.3, -0.25) is 14.8 Å². The Labute approximate surface area is 169 Å². The van der Waals surface area contributed by atoms with E-state index in [1.165, 1.54) is 5.56 Å². The molecular formula is C24H23N3O2.